The van der Waals surface area contributed by atoms with Crippen molar-refractivity contribution in [2.45, 2.75) is 11.8 Å². The molecule has 6 nitrogen and oxygen atoms in total. The second kappa shape index (κ2) is 6.18. The summed E-state index contributed by atoms with van der Waals surface area (Å²) >= 11 is 0. The van der Waals surface area contributed by atoms with Gasteiger partial charge in [-0.3, -0.25) is 0 Å². The third-order valence-electron chi connectivity index (χ3n) is 3.71. The van der Waals surface area contributed by atoms with Crippen molar-refractivity contribution in [1.29, 1.82) is 0 Å². The van der Waals surface area contributed by atoms with E-state index in [0.717, 1.165) is 0 Å². The Morgan fingerprint density at radius 3 is 2.40 bits per heavy atom. The summed E-state index contributed by atoms with van der Waals surface area (Å²) in [6, 6.07) is 13.4. The lowest BCUT2D eigenvalue weighted by atomic mass is 10.2. The van der Waals surface area contributed by atoms with Gasteiger partial charge in [-0.05, 0) is 43.3 Å². The van der Waals surface area contributed by atoms with Crippen molar-refractivity contribution in [3.8, 4) is 5.75 Å². The van der Waals surface area contributed by atoms with Crippen LogP contribution in [0.25, 0.3) is 0 Å². The predicted molar refractivity (Wildman–Crippen MR) is 95.5 cm³/mol. The van der Waals surface area contributed by atoms with E-state index in [1.165, 1.54) is 6.07 Å². The normalized spacial score (nSPS) is 14.4. The van der Waals surface area contributed by atoms with Crippen molar-refractivity contribution in [1.82, 2.24) is 0 Å². The number of hydrogen-bond donors (Lipinski definition) is 0. The second-order valence-electron chi connectivity index (χ2n) is 5.61. The minimum atomic E-state index is -3.67. The van der Waals surface area contributed by atoms with Gasteiger partial charge in [0.25, 0.3) is 10.0 Å². The Morgan fingerprint density at radius 1 is 1.12 bits per heavy atom. The van der Waals surface area contributed by atoms with Crippen LogP contribution >= 0.6 is 0 Å². The first-order chi connectivity index (χ1) is 11.8. The van der Waals surface area contributed by atoms with E-state index in [0.29, 0.717) is 28.4 Å². The van der Waals surface area contributed by atoms with Gasteiger partial charge in [0.15, 0.2) is 5.84 Å². The average Bonchev–Trinajstić information content (AvgIpc) is 2.87. The lowest BCUT2D eigenvalue weighted by Crippen LogP contribution is -2.25. The quantitative estimate of drug-likeness (QED) is 0.480. The molecule has 0 saturated carbocycles. The molecule has 3 rings (SSSR count). The van der Waals surface area contributed by atoms with Gasteiger partial charge in [0.1, 0.15) is 10.6 Å². The molecule has 2 aromatic carbocycles. The average molecular weight is 356 g/mol. The van der Waals surface area contributed by atoms with E-state index in [4.69, 9.17) is 4.74 Å². The van der Waals surface area contributed by atoms with Crippen molar-refractivity contribution in [3.05, 3.63) is 66.2 Å². The summed E-state index contributed by atoms with van der Waals surface area (Å²) in [6.45, 7) is 5.10. The first-order valence-electron chi connectivity index (χ1n) is 7.45. The van der Waals surface area contributed by atoms with E-state index < -0.39 is 16.0 Å². The van der Waals surface area contributed by atoms with Gasteiger partial charge < -0.3 is 9.64 Å². The fraction of sp³-hybridized carbons (Fsp3) is 0.111. The van der Waals surface area contributed by atoms with Crippen LogP contribution in [-0.4, -0.2) is 27.3 Å². The molecule has 1 aliphatic heterocycles. The number of carbonyl (C=O) groups excluding carboxylic acids is 1. The van der Waals surface area contributed by atoms with Crippen LogP contribution in [0.2, 0.25) is 0 Å². The molecule has 0 amide bonds. The molecule has 0 aliphatic carbocycles. The van der Waals surface area contributed by atoms with Crippen LogP contribution in [0.4, 0.5) is 5.69 Å². The molecule has 1 heterocycles. The number of nitrogens with zero attached hydrogens (tertiary/aromatic N) is 2. The summed E-state index contributed by atoms with van der Waals surface area (Å²) in [4.78, 5) is 13.4. The van der Waals surface area contributed by atoms with E-state index in [1.807, 2.05) is 0 Å². The number of amidine groups is 1. The van der Waals surface area contributed by atoms with E-state index >= 15 is 0 Å². The van der Waals surface area contributed by atoms with E-state index in [9.17, 15) is 13.2 Å². The van der Waals surface area contributed by atoms with Crippen LogP contribution in [-0.2, 0) is 14.8 Å². The molecular formula is C18H16N2O4S. The van der Waals surface area contributed by atoms with Gasteiger partial charge in [0.05, 0.1) is 0 Å². The zero-order chi connectivity index (χ0) is 18.2. The number of rotatable bonds is 3. The lowest BCUT2D eigenvalue weighted by molar-refractivity contribution is -0.130. The molecule has 0 aromatic heterocycles. The van der Waals surface area contributed by atoms with Gasteiger partial charge >= 0.3 is 5.97 Å². The molecule has 2 aromatic rings. The smallest absolute Gasteiger partial charge is 0.338 e. The zero-order valence-electron chi connectivity index (χ0n) is 13.8. The van der Waals surface area contributed by atoms with Gasteiger partial charge in [-0.25, -0.2) is 4.79 Å². The van der Waals surface area contributed by atoms with E-state index in [-0.39, 0.29) is 4.90 Å². The zero-order valence-corrected chi connectivity index (χ0v) is 14.6. The van der Waals surface area contributed by atoms with E-state index in [2.05, 4.69) is 11.0 Å². The van der Waals surface area contributed by atoms with Gasteiger partial charge in [-0.2, -0.15) is 8.42 Å². The summed E-state index contributed by atoms with van der Waals surface area (Å²) < 4.78 is 33.3. The Kier molecular flexibility index (Phi) is 4.18. The number of esters is 1. The van der Waals surface area contributed by atoms with Crippen molar-refractivity contribution < 1.29 is 17.9 Å². The number of fused-ring (bicyclic) bond motifs is 1. The molecule has 0 spiro atoms. The topological polar surface area (TPSA) is 76.0 Å². The van der Waals surface area contributed by atoms with E-state index in [1.54, 1.807) is 61.3 Å². The maximum atomic E-state index is 12.2. The first kappa shape index (κ1) is 16.9. The number of ether oxygens (including phenoxy) is 1. The lowest BCUT2D eigenvalue weighted by Gasteiger charge is -2.19. The molecular weight excluding hydrogens is 340 g/mol. The van der Waals surface area contributed by atoms with Crippen molar-refractivity contribution in [2.75, 3.05) is 11.9 Å². The van der Waals surface area contributed by atoms with Gasteiger partial charge in [0.2, 0.25) is 0 Å². The van der Waals surface area contributed by atoms with Crippen molar-refractivity contribution >= 4 is 27.5 Å². The predicted octanol–water partition coefficient (Wildman–Crippen LogP) is 2.75. The standard InChI is InChI=1S/C18H16N2O4S/c1-12(2)18(21)24-14-10-8-13(9-11-14)20(3)17-15-6-4-5-7-16(15)25(22,23)19-17/h4-11H,1H2,2-3H3. The van der Waals surface area contributed by atoms with Crippen molar-refractivity contribution in [3.63, 3.8) is 0 Å². The highest BCUT2D eigenvalue weighted by molar-refractivity contribution is 7.90. The highest BCUT2D eigenvalue weighted by Gasteiger charge is 2.30. The highest BCUT2D eigenvalue weighted by Crippen LogP contribution is 2.29. The Labute approximate surface area is 146 Å². The summed E-state index contributed by atoms with van der Waals surface area (Å²) in [5.41, 5.74) is 1.58. The van der Waals surface area contributed by atoms with Gasteiger partial charge in [-0.15, -0.1) is 4.40 Å². The molecule has 0 bridgehead atoms. The summed E-state index contributed by atoms with van der Waals surface area (Å²) in [5, 5.41) is 0. The van der Waals surface area contributed by atoms with Crippen LogP contribution in [0.15, 0.2) is 70.0 Å². The maximum absolute atomic E-state index is 12.2. The van der Waals surface area contributed by atoms with Crippen LogP contribution in [0.3, 0.4) is 0 Å². The van der Waals surface area contributed by atoms with Crippen molar-refractivity contribution in [2.24, 2.45) is 4.40 Å². The Bertz CT molecular complexity index is 992. The highest BCUT2D eigenvalue weighted by atomic mass is 32.2. The molecule has 0 atom stereocenters. The number of sulfonamides is 1. The van der Waals surface area contributed by atoms with Crippen LogP contribution in [0.1, 0.15) is 12.5 Å². The minimum absolute atomic E-state index is 0.198. The second-order valence-corrected chi connectivity index (χ2v) is 7.18. The maximum Gasteiger partial charge on any atom is 0.338 e. The number of hydrogen-bond acceptors (Lipinski definition) is 5. The summed E-state index contributed by atoms with van der Waals surface area (Å²) in [7, 11) is -1.95. The minimum Gasteiger partial charge on any atom is -0.423 e. The van der Waals surface area contributed by atoms with Crippen LogP contribution in [0.5, 0.6) is 5.75 Å². The number of carbonyl (C=O) groups is 1. The Balaban J connectivity index is 1.88. The summed E-state index contributed by atoms with van der Waals surface area (Å²) in [5.74, 6) is 0.232. The number of anilines is 1. The van der Waals surface area contributed by atoms with Gasteiger partial charge in [0, 0.05) is 23.9 Å². The Hall–Kier alpha value is -2.93. The SMILES string of the molecule is C=C(C)C(=O)Oc1ccc(N(C)C2=NS(=O)(=O)c3ccccc32)cc1. The van der Waals surface area contributed by atoms with Crippen LogP contribution in [0, 0.1) is 0 Å². The molecule has 128 valence electrons. The molecule has 0 radical (unpaired) electrons. The monoisotopic (exact) mass is 356 g/mol. The number of benzene rings is 2. The molecule has 0 unspecified atom stereocenters. The third kappa shape index (κ3) is 3.18. The molecule has 7 heteroatoms. The molecule has 25 heavy (non-hydrogen) atoms. The fourth-order valence-electron chi connectivity index (χ4n) is 2.38. The molecule has 0 fully saturated rings. The van der Waals surface area contributed by atoms with Crippen LogP contribution < -0.4 is 9.64 Å². The summed E-state index contributed by atoms with van der Waals surface area (Å²) in [6.07, 6.45) is 0. The van der Waals surface area contributed by atoms with Gasteiger partial charge in [-0.1, -0.05) is 18.7 Å². The largest absolute Gasteiger partial charge is 0.423 e. The Morgan fingerprint density at radius 2 is 1.76 bits per heavy atom. The first-order valence-corrected chi connectivity index (χ1v) is 8.89. The molecule has 0 saturated heterocycles. The molecule has 0 N–H and O–H groups in total. The fourth-order valence-corrected chi connectivity index (χ4v) is 3.62. The third-order valence-corrected chi connectivity index (χ3v) is 5.04. The molecule has 1 aliphatic rings.